The van der Waals surface area contributed by atoms with E-state index in [0.717, 1.165) is 34.5 Å². The number of hydrogen-bond donors (Lipinski definition) is 2. The predicted octanol–water partition coefficient (Wildman–Crippen LogP) is 2.97. The van der Waals surface area contributed by atoms with Crippen LogP contribution < -0.4 is 15.5 Å². The molecule has 0 aliphatic carbocycles. The molecule has 2 aromatic carbocycles. The zero-order chi connectivity index (χ0) is 21.0. The molecule has 6 nitrogen and oxygen atoms in total. The topological polar surface area (TPSA) is 78.5 Å². The molecule has 1 aliphatic rings. The van der Waals surface area contributed by atoms with E-state index < -0.39 is 5.92 Å². The van der Waals surface area contributed by atoms with Crippen molar-refractivity contribution in [1.29, 1.82) is 0 Å². The minimum atomic E-state index is -0.458. The number of benzene rings is 2. The first-order valence-electron chi connectivity index (χ1n) is 9.92. The van der Waals surface area contributed by atoms with E-state index in [2.05, 4.69) is 10.6 Å². The van der Waals surface area contributed by atoms with Gasteiger partial charge in [0.15, 0.2) is 0 Å². The molecule has 6 heteroatoms. The number of carbonyl (C=O) groups is 3. The van der Waals surface area contributed by atoms with Gasteiger partial charge in [-0.3, -0.25) is 14.4 Å². The average molecular weight is 393 g/mol. The zero-order valence-electron chi connectivity index (χ0n) is 17.1. The molecule has 1 atom stereocenters. The summed E-state index contributed by atoms with van der Waals surface area (Å²) in [4.78, 5) is 39.0. The van der Waals surface area contributed by atoms with Crippen molar-refractivity contribution in [3.63, 3.8) is 0 Å². The number of carbonyl (C=O) groups excluding carboxylic acids is 3. The normalized spacial score (nSPS) is 16.0. The van der Waals surface area contributed by atoms with Gasteiger partial charge in [0.1, 0.15) is 0 Å². The molecule has 0 saturated carbocycles. The monoisotopic (exact) mass is 393 g/mol. The molecule has 152 valence electrons. The van der Waals surface area contributed by atoms with Crippen LogP contribution in [0.5, 0.6) is 0 Å². The highest BCUT2D eigenvalue weighted by Gasteiger charge is 2.35. The van der Waals surface area contributed by atoms with Crippen LogP contribution in [0, 0.1) is 19.8 Å². The van der Waals surface area contributed by atoms with Crippen LogP contribution in [-0.4, -0.2) is 30.8 Å². The molecule has 3 amide bonds. The van der Waals surface area contributed by atoms with Crippen molar-refractivity contribution in [2.24, 2.45) is 5.92 Å². The minimum absolute atomic E-state index is 0.0639. The summed E-state index contributed by atoms with van der Waals surface area (Å²) in [7, 11) is 0. The van der Waals surface area contributed by atoms with E-state index in [-0.39, 0.29) is 30.7 Å². The number of para-hydroxylation sites is 2. The number of anilines is 2. The summed E-state index contributed by atoms with van der Waals surface area (Å²) < 4.78 is 0. The van der Waals surface area contributed by atoms with Gasteiger partial charge in [-0.25, -0.2) is 0 Å². The Labute approximate surface area is 171 Å². The maximum atomic E-state index is 12.5. The lowest BCUT2D eigenvalue weighted by Gasteiger charge is -2.20. The second-order valence-corrected chi connectivity index (χ2v) is 7.42. The Kier molecular flexibility index (Phi) is 6.32. The summed E-state index contributed by atoms with van der Waals surface area (Å²) in [5.74, 6) is -1.08. The molecule has 2 aromatic rings. The fourth-order valence-corrected chi connectivity index (χ4v) is 3.70. The van der Waals surface area contributed by atoms with Gasteiger partial charge in [-0.15, -0.1) is 0 Å². The zero-order valence-corrected chi connectivity index (χ0v) is 17.1. The van der Waals surface area contributed by atoms with E-state index >= 15 is 0 Å². The van der Waals surface area contributed by atoms with Gasteiger partial charge >= 0.3 is 0 Å². The lowest BCUT2D eigenvalue weighted by molar-refractivity contribution is -0.127. The van der Waals surface area contributed by atoms with Crippen LogP contribution >= 0.6 is 0 Å². The maximum absolute atomic E-state index is 12.5. The van der Waals surface area contributed by atoms with Crippen molar-refractivity contribution >= 4 is 29.1 Å². The second-order valence-electron chi connectivity index (χ2n) is 7.42. The van der Waals surface area contributed by atoms with Crippen LogP contribution in [0.3, 0.4) is 0 Å². The number of nitrogens with zero attached hydrogens (tertiary/aromatic N) is 1. The molecule has 0 aromatic heterocycles. The van der Waals surface area contributed by atoms with Gasteiger partial charge < -0.3 is 15.5 Å². The second kappa shape index (κ2) is 8.90. The lowest BCUT2D eigenvalue weighted by Crippen LogP contribution is -2.38. The van der Waals surface area contributed by atoms with Gasteiger partial charge in [-0.1, -0.05) is 43.3 Å². The predicted molar refractivity (Wildman–Crippen MR) is 114 cm³/mol. The molecule has 3 rings (SSSR count). The fraction of sp³-hybridized carbons (Fsp3) is 0.348. The smallest absolute Gasteiger partial charge is 0.243 e. The third kappa shape index (κ3) is 4.65. The summed E-state index contributed by atoms with van der Waals surface area (Å²) in [5, 5.41) is 5.53. The molecule has 1 aliphatic heterocycles. The maximum Gasteiger partial charge on any atom is 0.243 e. The Morgan fingerprint density at radius 1 is 1.07 bits per heavy atom. The molecule has 0 spiro atoms. The van der Waals surface area contributed by atoms with Gasteiger partial charge in [-0.2, -0.15) is 0 Å². The highest BCUT2D eigenvalue weighted by atomic mass is 16.2. The largest absolute Gasteiger partial charge is 0.347 e. The highest BCUT2D eigenvalue weighted by Crippen LogP contribution is 2.28. The van der Waals surface area contributed by atoms with E-state index in [4.69, 9.17) is 0 Å². The minimum Gasteiger partial charge on any atom is -0.347 e. The van der Waals surface area contributed by atoms with E-state index in [1.807, 2.05) is 63.2 Å². The number of rotatable bonds is 6. The van der Waals surface area contributed by atoms with Crippen molar-refractivity contribution in [3.8, 4) is 0 Å². The number of amides is 3. The molecule has 1 saturated heterocycles. The Morgan fingerprint density at radius 2 is 1.76 bits per heavy atom. The Balaban J connectivity index is 1.58. The molecular formula is C23H27N3O3. The summed E-state index contributed by atoms with van der Waals surface area (Å²) in [6.45, 7) is 6.10. The third-order valence-corrected chi connectivity index (χ3v) is 5.33. The Morgan fingerprint density at radius 3 is 2.45 bits per heavy atom. The SMILES string of the molecule is CCc1ccccc1N1CC(C(=O)NCC(=O)Nc2c(C)cccc2C)CC1=O. The van der Waals surface area contributed by atoms with Crippen LogP contribution in [0.4, 0.5) is 11.4 Å². The van der Waals surface area contributed by atoms with E-state index in [9.17, 15) is 14.4 Å². The third-order valence-electron chi connectivity index (χ3n) is 5.33. The molecular weight excluding hydrogens is 366 g/mol. The molecule has 29 heavy (non-hydrogen) atoms. The Bertz CT molecular complexity index is 918. The fourth-order valence-electron chi connectivity index (χ4n) is 3.70. The van der Waals surface area contributed by atoms with Gasteiger partial charge in [0, 0.05) is 24.3 Å². The van der Waals surface area contributed by atoms with Crippen molar-refractivity contribution < 1.29 is 14.4 Å². The van der Waals surface area contributed by atoms with Crippen LogP contribution in [0.2, 0.25) is 0 Å². The van der Waals surface area contributed by atoms with E-state index in [1.165, 1.54) is 0 Å². The van der Waals surface area contributed by atoms with Gasteiger partial charge in [0.2, 0.25) is 17.7 Å². The summed E-state index contributed by atoms with van der Waals surface area (Å²) in [5.41, 5.74) is 4.65. The first kappa shape index (κ1) is 20.6. The van der Waals surface area contributed by atoms with Crippen molar-refractivity contribution in [2.75, 3.05) is 23.3 Å². The first-order chi connectivity index (χ1) is 13.9. The molecule has 1 unspecified atom stereocenters. The first-order valence-corrected chi connectivity index (χ1v) is 9.92. The van der Waals surface area contributed by atoms with Crippen LogP contribution in [-0.2, 0) is 20.8 Å². The van der Waals surface area contributed by atoms with Gasteiger partial charge in [0.05, 0.1) is 12.5 Å². The van der Waals surface area contributed by atoms with Crippen LogP contribution in [0.1, 0.15) is 30.0 Å². The summed E-state index contributed by atoms with van der Waals surface area (Å²) in [6, 6.07) is 13.5. The Hall–Kier alpha value is -3.15. The van der Waals surface area contributed by atoms with Crippen LogP contribution in [0.15, 0.2) is 42.5 Å². The van der Waals surface area contributed by atoms with Gasteiger partial charge in [-0.05, 0) is 43.0 Å². The van der Waals surface area contributed by atoms with E-state index in [1.54, 1.807) is 4.90 Å². The van der Waals surface area contributed by atoms with Crippen LogP contribution in [0.25, 0.3) is 0 Å². The quantitative estimate of drug-likeness (QED) is 0.792. The molecule has 0 bridgehead atoms. The number of aryl methyl sites for hydroxylation is 3. The van der Waals surface area contributed by atoms with Crippen molar-refractivity contribution in [3.05, 3.63) is 59.2 Å². The number of hydrogen-bond acceptors (Lipinski definition) is 3. The molecule has 0 radical (unpaired) electrons. The van der Waals surface area contributed by atoms with Crippen molar-refractivity contribution in [2.45, 2.75) is 33.6 Å². The lowest BCUT2D eigenvalue weighted by atomic mass is 10.1. The summed E-state index contributed by atoms with van der Waals surface area (Å²) in [6.07, 6.45) is 0.970. The summed E-state index contributed by atoms with van der Waals surface area (Å²) >= 11 is 0. The molecule has 1 fully saturated rings. The molecule has 2 N–H and O–H groups in total. The number of nitrogens with one attached hydrogen (secondary N) is 2. The standard InChI is InChI=1S/C23H27N3O3/c1-4-17-10-5-6-11-19(17)26-14-18(12-21(26)28)23(29)24-13-20(27)25-22-15(2)8-7-9-16(22)3/h5-11,18H,4,12-14H2,1-3H3,(H,24,29)(H,25,27). The average Bonchev–Trinajstić information content (AvgIpc) is 3.10. The van der Waals surface area contributed by atoms with Crippen molar-refractivity contribution in [1.82, 2.24) is 5.32 Å². The van der Waals surface area contributed by atoms with Gasteiger partial charge in [0.25, 0.3) is 0 Å². The van der Waals surface area contributed by atoms with E-state index in [0.29, 0.717) is 6.54 Å². The highest BCUT2D eigenvalue weighted by molar-refractivity contribution is 6.02. The molecule has 1 heterocycles.